The van der Waals surface area contributed by atoms with E-state index in [1.807, 2.05) is 0 Å². The summed E-state index contributed by atoms with van der Waals surface area (Å²) in [7, 11) is -1.64. The van der Waals surface area contributed by atoms with Crippen LogP contribution >= 0.6 is 15.9 Å². The fourth-order valence-corrected chi connectivity index (χ4v) is 2.08. The Hall–Kier alpha value is -0.360. The molecule has 0 N–H and O–H groups in total. The van der Waals surface area contributed by atoms with Crippen molar-refractivity contribution >= 4 is 26.7 Å². The van der Waals surface area contributed by atoms with E-state index in [-0.39, 0.29) is 4.90 Å². The second-order valence-electron chi connectivity index (χ2n) is 2.59. The molecule has 0 aliphatic heterocycles. The van der Waals surface area contributed by atoms with Gasteiger partial charge in [-0.05, 0) is 18.2 Å². The summed E-state index contributed by atoms with van der Waals surface area (Å²) in [5.41, 5.74) is -0.854. The largest absolute Gasteiger partial charge is 0.417 e. The highest BCUT2D eigenvalue weighted by molar-refractivity contribution is 9.10. The molecule has 1 unspecified atom stereocenters. The van der Waals surface area contributed by atoms with Gasteiger partial charge in [0.1, 0.15) is 0 Å². The van der Waals surface area contributed by atoms with Crippen LogP contribution in [0.4, 0.5) is 13.2 Å². The highest BCUT2D eigenvalue weighted by atomic mass is 79.9. The summed E-state index contributed by atoms with van der Waals surface area (Å²) in [4.78, 5) is -0.194. The van der Waals surface area contributed by atoms with E-state index in [2.05, 4.69) is 15.9 Å². The first-order valence-corrected chi connectivity index (χ1v) is 5.87. The molecule has 0 aromatic heterocycles. The number of halogens is 4. The van der Waals surface area contributed by atoms with E-state index in [1.165, 1.54) is 18.4 Å². The molecule has 0 spiro atoms. The molecule has 0 saturated heterocycles. The Labute approximate surface area is 89.9 Å². The first-order chi connectivity index (χ1) is 6.32. The standard InChI is InChI=1S/C8H6BrF3OS/c1-14(13)7-3-2-5(9)4-6(7)8(10,11)12/h2-4H,1H3. The van der Waals surface area contributed by atoms with Gasteiger partial charge in [-0.3, -0.25) is 4.21 Å². The van der Waals surface area contributed by atoms with Gasteiger partial charge in [0.15, 0.2) is 0 Å². The van der Waals surface area contributed by atoms with E-state index in [0.717, 1.165) is 6.07 Å². The van der Waals surface area contributed by atoms with Crippen molar-refractivity contribution in [3.05, 3.63) is 28.2 Å². The van der Waals surface area contributed by atoms with Crippen molar-refractivity contribution in [3.63, 3.8) is 0 Å². The first kappa shape index (κ1) is 11.7. The van der Waals surface area contributed by atoms with Crippen molar-refractivity contribution in [2.24, 2.45) is 0 Å². The number of benzene rings is 1. The Bertz CT molecular complexity index is 375. The lowest BCUT2D eigenvalue weighted by Gasteiger charge is -2.11. The molecule has 1 aromatic rings. The minimum Gasteiger partial charge on any atom is -0.255 e. The molecule has 0 saturated carbocycles. The van der Waals surface area contributed by atoms with Crippen LogP contribution in [0.5, 0.6) is 0 Å². The van der Waals surface area contributed by atoms with Crippen LogP contribution in [0, 0.1) is 0 Å². The topological polar surface area (TPSA) is 17.1 Å². The average molecular weight is 287 g/mol. The maximum absolute atomic E-state index is 12.4. The van der Waals surface area contributed by atoms with Crippen LogP contribution in [0.15, 0.2) is 27.6 Å². The molecule has 6 heteroatoms. The van der Waals surface area contributed by atoms with Gasteiger partial charge >= 0.3 is 6.18 Å². The summed E-state index contributed by atoms with van der Waals surface area (Å²) < 4.78 is 48.6. The van der Waals surface area contributed by atoms with Crippen LogP contribution in [0.3, 0.4) is 0 Å². The zero-order valence-electron chi connectivity index (χ0n) is 7.06. The molecule has 0 amide bonds. The van der Waals surface area contributed by atoms with E-state index in [4.69, 9.17) is 0 Å². The SMILES string of the molecule is CS(=O)c1ccc(Br)cc1C(F)(F)F. The Morgan fingerprint density at radius 2 is 1.93 bits per heavy atom. The third-order valence-corrected chi connectivity index (χ3v) is 3.03. The predicted molar refractivity (Wildman–Crippen MR) is 51.5 cm³/mol. The summed E-state index contributed by atoms with van der Waals surface area (Å²) in [6.45, 7) is 0. The van der Waals surface area contributed by atoms with E-state index in [9.17, 15) is 17.4 Å². The fourth-order valence-electron chi connectivity index (χ4n) is 0.974. The minimum atomic E-state index is -4.47. The zero-order valence-corrected chi connectivity index (χ0v) is 9.46. The van der Waals surface area contributed by atoms with Gasteiger partial charge in [-0.15, -0.1) is 0 Å². The molecule has 14 heavy (non-hydrogen) atoms. The average Bonchev–Trinajstić information content (AvgIpc) is 2.01. The summed E-state index contributed by atoms with van der Waals surface area (Å²) in [6, 6.07) is 3.58. The Balaban J connectivity index is 3.38. The maximum atomic E-state index is 12.4. The maximum Gasteiger partial charge on any atom is 0.417 e. The van der Waals surface area contributed by atoms with Crippen LogP contribution in [0.25, 0.3) is 0 Å². The highest BCUT2D eigenvalue weighted by Crippen LogP contribution is 2.34. The van der Waals surface area contributed by atoms with E-state index in [1.54, 1.807) is 0 Å². The van der Waals surface area contributed by atoms with Crippen molar-refractivity contribution < 1.29 is 17.4 Å². The molecule has 1 nitrogen and oxygen atoms in total. The van der Waals surface area contributed by atoms with Crippen LogP contribution in [-0.2, 0) is 17.0 Å². The number of rotatable bonds is 1. The number of hydrogen-bond donors (Lipinski definition) is 0. The smallest absolute Gasteiger partial charge is 0.255 e. The molecule has 0 radical (unpaired) electrons. The van der Waals surface area contributed by atoms with Crippen molar-refractivity contribution in [1.29, 1.82) is 0 Å². The highest BCUT2D eigenvalue weighted by Gasteiger charge is 2.34. The third kappa shape index (κ3) is 2.57. The third-order valence-electron chi connectivity index (χ3n) is 1.56. The van der Waals surface area contributed by atoms with Crippen molar-refractivity contribution in [2.75, 3.05) is 6.26 Å². The number of hydrogen-bond acceptors (Lipinski definition) is 1. The van der Waals surface area contributed by atoms with E-state index in [0.29, 0.717) is 4.47 Å². The quantitative estimate of drug-likeness (QED) is 0.775. The minimum absolute atomic E-state index is 0.194. The van der Waals surface area contributed by atoms with Crippen LogP contribution < -0.4 is 0 Å². The molecule has 0 heterocycles. The lowest BCUT2D eigenvalue weighted by molar-refractivity contribution is -0.139. The lowest BCUT2D eigenvalue weighted by Crippen LogP contribution is -2.09. The van der Waals surface area contributed by atoms with E-state index < -0.39 is 22.5 Å². The molecule has 1 aromatic carbocycles. The molecule has 78 valence electrons. The van der Waals surface area contributed by atoms with Gasteiger partial charge in [-0.2, -0.15) is 13.2 Å². The molecule has 0 fully saturated rings. The summed E-state index contributed by atoms with van der Waals surface area (Å²) in [5.74, 6) is 0. The lowest BCUT2D eigenvalue weighted by atomic mass is 10.2. The second kappa shape index (κ2) is 4.02. The van der Waals surface area contributed by atoms with Crippen molar-refractivity contribution in [2.45, 2.75) is 11.1 Å². The molecule has 0 bridgehead atoms. The van der Waals surface area contributed by atoms with Gasteiger partial charge in [0, 0.05) is 10.7 Å². The van der Waals surface area contributed by atoms with Gasteiger partial charge in [-0.25, -0.2) is 0 Å². The summed E-state index contributed by atoms with van der Waals surface area (Å²) in [5, 5.41) is 0. The summed E-state index contributed by atoms with van der Waals surface area (Å²) in [6.07, 6.45) is -3.25. The van der Waals surface area contributed by atoms with Gasteiger partial charge in [0.25, 0.3) is 0 Å². The van der Waals surface area contributed by atoms with Crippen LogP contribution in [-0.4, -0.2) is 10.5 Å². The molecular formula is C8H6BrF3OS. The Morgan fingerprint density at radius 1 is 1.36 bits per heavy atom. The summed E-state index contributed by atoms with van der Waals surface area (Å²) >= 11 is 2.94. The van der Waals surface area contributed by atoms with Crippen LogP contribution in [0.2, 0.25) is 0 Å². The second-order valence-corrected chi connectivity index (χ2v) is 4.86. The first-order valence-electron chi connectivity index (χ1n) is 3.52. The molecule has 1 rings (SSSR count). The van der Waals surface area contributed by atoms with Gasteiger partial charge in [0.2, 0.25) is 0 Å². The number of alkyl halides is 3. The van der Waals surface area contributed by atoms with Crippen molar-refractivity contribution in [3.8, 4) is 0 Å². The monoisotopic (exact) mass is 286 g/mol. The Morgan fingerprint density at radius 3 is 2.36 bits per heavy atom. The fraction of sp³-hybridized carbons (Fsp3) is 0.250. The van der Waals surface area contributed by atoms with Gasteiger partial charge < -0.3 is 0 Å². The van der Waals surface area contributed by atoms with Crippen molar-refractivity contribution in [1.82, 2.24) is 0 Å². The molecular weight excluding hydrogens is 281 g/mol. The molecule has 0 aliphatic carbocycles. The van der Waals surface area contributed by atoms with Gasteiger partial charge in [-0.1, -0.05) is 15.9 Å². The predicted octanol–water partition coefficient (Wildman–Crippen LogP) is 3.21. The molecule has 0 aliphatic rings. The Kier molecular flexibility index (Phi) is 3.36. The molecule has 1 atom stereocenters. The van der Waals surface area contributed by atoms with Crippen LogP contribution in [0.1, 0.15) is 5.56 Å². The van der Waals surface area contributed by atoms with Gasteiger partial charge in [0.05, 0.1) is 21.3 Å². The zero-order chi connectivity index (χ0) is 10.9. The normalized spacial score (nSPS) is 14.1. The van der Waals surface area contributed by atoms with E-state index >= 15 is 0 Å².